The van der Waals surface area contributed by atoms with Crippen molar-refractivity contribution < 1.29 is 9.18 Å². The molecule has 2 aromatic rings. The number of carbonyl (C=O) groups is 1. The average molecular weight is 306 g/mol. The van der Waals surface area contributed by atoms with E-state index in [0.29, 0.717) is 12.2 Å². The van der Waals surface area contributed by atoms with Crippen LogP contribution in [0.1, 0.15) is 25.2 Å². The monoisotopic (exact) mass is 306 g/mol. The Labute approximate surface area is 128 Å². The van der Waals surface area contributed by atoms with Crippen molar-refractivity contribution >= 4 is 17.5 Å². The van der Waals surface area contributed by atoms with Crippen LogP contribution < -0.4 is 0 Å². The summed E-state index contributed by atoms with van der Waals surface area (Å²) in [5.41, 5.74) is 1.99. The maximum Gasteiger partial charge on any atom is 0.149 e. The van der Waals surface area contributed by atoms with Gasteiger partial charge in [-0.25, -0.2) is 4.39 Å². The van der Waals surface area contributed by atoms with Gasteiger partial charge in [0.25, 0.3) is 0 Å². The van der Waals surface area contributed by atoms with Gasteiger partial charge in [0.05, 0.1) is 11.4 Å². The Morgan fingerprint density at radius 3 is 2.62 bits per heavy atom. The molecule has 2 rings (SSSR count). The summed E-state index contributed by atoms with van der Waals surface area (Å²) in [5, 5.41) is 4.44. The Bertz CT molecular complexity index is 607. The molecule has 0 aliphatic heterocycles. The number of hydrogen-bond donors (Lipinski definition) is 0. The van der Waals surface area contributed by atoms with E-state index >= 15 is 0 Å². The van der Waals surface area contributed by atoms with E-state index in [1.54, 1.807) is 12.1 Å². The molecule has 1 aromatic carbocycles. The summed E-state index contributed by atoms with van der Waals surface area (Å²) in [4.78, 5) is 13.0. The first-order chi connectivity index (χ1) is 10.1. The lowest BCUT2D eigenvalue weighted by atomic mass is 10.2. The molecule has 0 N–H and O–H groups in total. The molecule has 1 aromatic heterocycles. The molecule has 112 valence electrons. The van der Waals surface area contributed by atoms with Gasteiger partial charge in [0.1, 0.15) is 11.6 Å². The molecule has 0 spiro atoms. The van der Waals surface area contributed by atoms with Crippen molar-refractivity contribution in [1.82, 2.24) is 9.78 Å². The summed E-state index contributed by atoms with van der Waals surface area (Å²) in [6.07, 6.45) is 1.27. The Morgan fingerprint density at radius 2 is 2.00 bits per heavy atom. The van der Waals surface area contributed by atoms with Crippen molar-refractivity contribution in [1.29, 1.82) is 0 Å². The lowest BCUT2D eigenvalue weighted by Gasteiger charge is -2.04. The zero-order valence-corrected chi connectivity index (χ0v) is 13.1. The molecule has 3 nitrogen and oxygen atoms in total. The minimum absolute atomic E-state index is 0.154. The van der Waals surface area contributed by atoms with Crippen LogP contribution in [0.2, 0.25) is 0 Å². The van der Waals surface area contributed by atoms with Crippen LogP contribution in [0, 0.1) is 5.82 Å². The van der Waals surface area contributed by atoms with Crippen molar-refractivity contribution in [3.8, 4) is 0 Å². The third-order valence-electron chi connectivity index (χ3n) is 3.17. The Kier molecular flexibility index (Phi) is 5.56. The first kappa shape index (κ1) is 15.8. The summed E-state index contributed by atoms with van der Waals surface area (Å²) in [6.45, 7) is 4.85. The van der Waals surface area contributed by atoms with Gasteiger partial charge in [0.2, 0.25) is 0 Å². The number of nitrogens with zero attached hydrogens (tertiary/aromatic N) is 2. The summed E-state index contributed by atoms with van der Waals surface area (Å²) < 4.78 is 14.7. The van der Waals surface area contributed by atoms with Crippen molar-refractivity contribution in [3.05, 3.63) is 47.5 Å². The van der Waals surface area contributed by atoms with Gasteiger partial charge in [-0.3, -0.25) is 9.48 Å². The van der Waals surface area contributed by atoms with Crippen LogP contribution in [-0.2, 0) is 24.2 Å². The highest BCUT2D eigenvalue weighted by Crippen LogP contribution is 2.19. The minimum Gasteiger partial charge on any atom is -0.298 e. The van der Waals surface area contributed by atoms with Gasteiger partial charge in [-0.1, -0.05) is 6.92 Å². The van der Waals surface area contributed by atoms with E-state index in [0.717, 1.165) is 29.2 Å². The minimum atomic E-state index is -0.260. The van der Waals surface area contributed by atoms with E-state index in [2.05, 4.69) is 12.0 Å². The van der Waals surface area contributed by atoms with Crippen molar-refractivity contribution in [2.45, 2.75) is 38.1 Å². The van der Waals surface area contributed by atoms with E-state index in [-0.39, 0.29) is 11.6 Å². The van der Waals surface area contributed by atoms with E-state index in [1.165, 1.54) is 23.9 Å². The van der Waals surface area contributed by atoms with Crippen molar-refractivity contribution in [2.75, 3.05) is 5.75 Å². The molecular weight excluding hydrogens is 287 g/mol. The van der Waals surface area contributed by atoms with Crippen molar-refractivity contribution in [2.24, 2.45) is 0 Å². The molecule has 0 atom stereocenters. The van der Waals surface area contributed by atoms with Gasteiger partial charge >= 0.3 is 0 Å². The fraction of sp³-hybridized carbons (Fsp3) is 0.375. The number of hydrogen-bond acceptors (Lipinski definition) is 3. The van der Waals surface area contributed by atoms with Crippen LogP contribution in [0.5, 0.6) is 0 Å². The predicted octanol–water partition coefficient (Wildman–Crippen LogP) is 3.51. The first-order valence-electron chi connectivity index (χ1n) is 7.08. The number of thioether (sulfide) groups is 1. The zero-order chi connectivity index (χ0) is 15.2. The summed E-state index contributed by atoms with van der Waals surface area (Å²) in [6, 6.07) is 8.21. The van der Waals surface area contributed by atoms with Gasteiger partial charge in [-0.05, 0) is 43.7 Å². The Hall–Kier alpha value is -1.62. The number of aromatic nitrogens is 2. The van der Waals surface area contributed by atoms with E-state index in [1.807, 2.05) is 17.7 Å². The summed E-state index contributed by atoms with van der Waals surface area (Å²) in [7, 11) is 0. The lowest BCUT2D eigenvalue weighted by molar-refractivity contribution is -0.116. The molecule has 0 bridgehead atoms. The number of ketones is 1. The molecule has 0 radical (unpaired) electrons. The van der Waals surface area contributed by atoms with Gasteiger partial charge in [0.15, 0.2) is 0 Å². The van der Waals surface area contributed by atoms with Gasteiger partial charge < -0.3 is 0 Å². The predicted molar refractivity (Wildman–Crippen MR) is 83.1 cm³/mol. The SMILES string of the molecule is CCc1cc(CC(=O)CSc2ccc(F)cc2)n(CC)n1. The quantitative estimate of drug-likeness (QED) is 0.734. The highest BCUT2D eigenvalue weighted by atomic mass is 32.2. The number of halogens is 1. The molecule has 0 unspecified atom stereocenters. The molecule has 0 fully saturated rings. The summed E-state index contributed by atoms with van der Waals surface area (Å²) >= 11 is 1.44. The maximum atomic E-state index is 12.8. The van der Waals surface area contributed by atoms with Crippen LogP contribution in [0.25, 0.3) is 0 Å². The summed E-state index contributed by atoms with van der Waals surface area (Å²) in [5.74, 6) is 0.285. The van der Waals surface area contributed by atoms with E-state index in [9.17, 15) is 9.18 Å². The van der Waals surface area contributed by atoms with Crippen LogP contribution in [0.3, 0.4) is 0 Å². The molecule has 0 amide bonds. The smallest absolute Gasteiger partial charge is 0.149 e. The number of Topliss-reactive ketones (excluding diaryl/α,β-unsaturated/α-hetero) is 1. The second-order valence-electron chi connectivity index (χ2n) is 4.75. The van der Waals surface area contributed by atoms with Crippen LogP contribution in [0.15, 0.2) is 35.2 Å². The van der Waals surface area contributed by atoms with Crippen LogP contribution in [-0.4, -0.2) is 21.3 Å². The number of aryl methyl sites for hydroxylation is 2. The number of rotatable bonds is 7. The molecule has 0 aliphatic rings. The average Bonchev–Trinajstić information content (AvgIpc) is 2.89. The van der Waals surface area contributed by atoms with Gasteiger partial charge in [-0.15, -0.1) is 11.8 Å². The van der Waals surface area contributed by atoms with Crippen molar-refractivity contribution in [3.63, 3.8) is 0 Å². The Morgan fingerprint density at radius 1 is 1.29 bits per heavy atom. The number of carbonyl (C=O) groups excluding carboxylic acids is 1. The fourth-order valence-corrected chi connectivity index (χ4v) is 2.81. The molecule has 1 heterocycles. The highest BCUT2D eigenvalue weighted by molar-refractivity contribution is 8.00. The molecule has 0 saturated carbocycles. The normalized spacial score (nSPS) is 10.8. The zero-order valence-electron chi connectivity index (χ0n) is 12.3. The van der Waals surface area contributed by atoms with Gasteiger partial charge in [-0.2, -0.15) is 5.10 Å². The molecule has 0 aliphatic carbocycles. The first-order valence-corrected chi connectivity index (χ1v) is 8.06. The van der Waals surface area contributed by atoms with E-state index < -0.39 is 0 Å². The lowest BCUT2D eigenvalue weighted by Crippen LogP contribution is -2.11. The largest absolute Gasteiger partial charge is 0.298 e. The second-order valence-corrected chi connectivity index (χ2v) is 5.80. The second kappa shape index (κ2) is 7.41. The van der Waals surface area contributed by atoms with E-state index in [4.69, 9.17) is 0 Å². The third-order valence-corrected chi connectivity index (χ3v) is 4.24. The van der Waals surface area contributed by atoms with Gasteiger partial charge in [0, 0.05) is 23.6 Å². The van der Waals surface area contributed by atoms with Crippen LogP contribution >= 0.6 is 11.8 Å². The topological polar surface area (TPSA) is 34.9 Å². The number of benzene rings is 1. The molecular formula is C16H19FN2OS. The highest BCUT2D eigenvalue weighted by Gasteiger charge is 2.11. The Balaban J connectivity index is 1.92. The molecule has 5 heteroatoms. The molecule has 0 saturated heterocycles. The maximum absolute atomic E-state index is 12.8. The standard InChI is InChI=1S/C16H19FN2OS/c1-3-13-9-14(19(4-2)18-13)10-15(20)11-21-16-7-5-12(17)6-8-16/h5-9H,3-4,10-11H2,1-2H3. The third kappa shape index (κ3) is 4.43. The fourth-order valence-electron chi connectivity index (χ4n) is 2.05. The molecule has 21 heavy (non-hydrogen) atoms. The van der Waals surface area contributed by atoms with Crippen LogP contribution in [0.4, 0.5) is 4.39 Å².